The minimum Gasteiger partial charge on any atom is -0.368 e. The number of thioether (sulfide) groups is 1. The third-order valence-corrected chi connectivity index (χ3v) is 7.59. The zero-order valence-corrected chi connectivity index (χ0v) is 20.5. The molecule has 0 unspecified atom stereocenters. The van der Waals surface area contributed by atoms with Gasteiger partial charge in [-0.2, -0.15) is 0 Å². The van der Waals surface area contributed by atoms with Gasteiger partial charge < -0.3 is 14.7 Å². The zero-order chi connectivity index (χ0) is 21.3. The molecule has 158 valence electrons. The second-order valence-corrected chi connectivity index (χ2v) is 10.3. The van der Waals surface area contributed by atoms with Gasteiger partial charge in [-0.25, -0.2) is 0 Å². The summed E-state index contributed by atoms with van der Waals surface area (Å²) in [5, 5.41) is 0.942. The number of likely N-dealkylation sites (N-methyl/N-ethyl adjacent to an activating group) is 1. The molecule has 0 bridgehead atoms. The van der Waals surface area contributed by atoms with E-state index in [9.17, 15) is 4.79 Å². The van der Waals surface area contributed by atoms with Crippen LogP contribution < -0.4 is 9.80 Å². The summed E-state index contributed by atoms with van der Waals surface area (Å²) in [6, 6.07) is 11.6. The maximum absolute atomic E-state index is 13.3. The number of rotatable bonds is 3. The summed E-state index contributed by atoms with van der Waals surface area (Å²) in [4.78, 5) is 20.5. The Kier molecular flexibility index (Phi) is 7.00. The molecule has 30 heavy (non-hydrogen) atoms. The van der Waals surface area contributed by atoms with Gasteiger partial charge >= 0.3 is 0 Å². The second-order valence-electron chi connectivity index (χ2n) is 7.41. The van der Waals surface area contributed by atoms with Crippen molar-refractivity contribution in [3.05, 3.63) is 61.4 Å². The van der Waals surface area contributed by atoms with Crippen molar-refractivity contribution < 1.29 is 4.79 Å². The largest absolute Gasteiger partial charge is 0.368 e. The maximum Gasteiger partial charge on any atom is 0.264 e. The number of anilines is 2. The lowest BCUT2D eigenvalue weighted by atomic mass is 10.1. The fourth-order valence-electron chi connectivity index (χ4n) is 3.65. The normalized spacial score (nSPS) is 19.6. The summed E-state index contributed by atoms with van der Waals surface area (Å²) in [5.74, 6) is 0.829. The fraction of sp³-hybridized carbons (Fsp3) is 0.318. The van der Waals surface area contributed by atoms with Crippen molar-refractivity contribution in [3.8, 4) is 0 Å². The molecule has 0 N–H and O–H groups in total. The molecule has 8 heteroatoms. The quantitative estimate of drug-likeness (QED) is 0.484. The summed E-state index contributed by atoms with van der Waals surface area (Å²) in [5.41, 5.74) is 3.00. The molecular formula is C22H22BrCl2N3OS. The molecule has 2 aliphatic rings. The van der Waals surface area contributed by atoms with Crippen LogP contribution in [0.25, 0.3) is 6.08 Å². The highest BCUT2D eigenvalue weighted by atomic mass is 79.9. The number of benzene rings is 2. The molecule has 2 aliphatic heterocycles. The van der Waals surface area contributed by atoms with Gasteiger partial charge in [0.15, 0.2) is 0 Å². The van der Waals surface area contributed by atoms with E-state index in [1.54, 1.807) is 28.8 Å². The number of hydrogen-bond donors (Lipinski definition) is 0. The van der Waals surface area contributed by atoms with Crippen molar-refractivity contribution in [2.45, 2.75) is 0 Å². The maximum atomic E-state index is 13.3. The van der Waals surface area contributed by atoms with Crippen LogP contribution in [0.1, 0.15) is 5.56 Å². The molecule has 0 radical (unpaired) electrons. The van der Waals surface area contributed by atoms with E-state index in [0.29, 0.717) is 16.6 Å². The second kappa shape index (κ2) is 9.53. The van der Waals surface area contributed by atoms with Crippen molar-refractivity contribution in [1.82, 2.24) is 4.90 Å². The number of halogens is 3. The van der Waals surface area contributed by atoms with Gasteiger partial charge in [-0.05, 0) is 49.0 Å². The van der Waals surface area contributed by atoms with Crippen LogP contribution in [0.2, 0.25) is 10.0 Å². The lowest BCUT2D eigenvalue weighted by molar-refractivity contribution is -0.114. The summed E-state index contributed by atoms with van der Waals surface area (Å²) >= 11 is 17.4. The molecule has 0 saturated carbocycles. The van der Waals surface area contributed by atoms with Crippen LogP contribution in [0, 0.1) is 0 Å². The van der Waals surface area contributed by atoms with Crippen molar-refractivity contribution in [2.24, 2.45) is 0 Å². The van der Waals surface area contributed by atoms with Gasteiger partial charge in [-0.15, -0.1) is 11.8 Å². The molecule has 2 aromatic carbocycles. The van der Waals surface area contributed by atoms with Crippen LogP contribution in [0.3, 0.4) is 0 Å². The highest BCUT2D eigenvalue weighted by molar-refractivity contribution is 9.10. The number of piperazine rings is 1. The lowest BCUT2D eigenvalue weighted by Gasteiger charge is -2.35. The van der Waals surface area contributed by atoms with Crippen molar-refractivity contribution in [1.29, 1.82) is 0 Å². The van der Waals surface area contributed by atoms with Crippen LogP contribution in [-0.2, 0) is 4.79 Å². The van der Waals surface area contributed by atoms with E-state index in [4.69, 9.17) is 23.2 Å². The minimum atomic E-state index is -0.00288. The molecule has 1 amide bonds. The summed E-state index contributed by atoms with van der Waals surface area (Å²) in [6.45, 7) is 4.65. The first-order valence-electron chi connectivity index (χ1n) is 9.77. The Morgan fingerprint density at radius 3 is 2.50 bits per heavy atom. The SMILES string of the molecule is CN1CCN(c2cc(Br)ccc2/C=C2\SCCN(c3ccc(Cl)c(Cl)c3)C2=O)CC1. The Labute approximate surface area is 199 Å². The van der Waals surface area contributed by atoms with Crippen LogP contribution in [0.15, 0.2) is 45.8 Å². The Morgan fingerprint density at radius 2 is 1.77 bits per heavy atom. The van der Waals surface area contributed by atoms with Gasteiger partial charge in [-0.3, -0.25) is 4.79 Å². The van der Waals surface area contributed by atoms with Crippen molar-refractivity contribution >= 4 is 74.3 Å². The third kappa shape index (κ3) is 4.83. The standard InChI is InChI=1S/C22H22BrCl2N3OS/c1-26-6-8-27(9-7-26)20-13-16(23)3-2-15(20)12-21-22(29)28(10-11-30-21)17-4-5-18(24)19(25)14-17/h2-5,12-14H,6-11H2,1H3/b21-12-. The Bertz CT molecular complexity index is 992. The van der Waals surface area contributed by atoms with Gasteiger partial charge in [0, 0.05) is 54.3 Å². The molecule has 0 aliphatic carbocycles. The topological polar surface area (TPSA) is 26.8 Å². The molecule has 4 nitrogen and oxygen atoms in total. The van der Waals surface area contributed by atoms with Gasteiger partial charge in [-0.1, -0.05) is 45.2 Å². The van der Waals surface area contributed by atoms with Crippen LogP contribution in [0.5, 0.6) is 0 Å². The van der Waals surface area contributed by atoms with Gasteiger partial charge in [0.05, 0.1) is 15.0 Å². The number of amides is 1. The van der Waals surface area contributed by atoms with Gasteiger partial charge in [0.1, 0.15) is 0 Å². The number of hydrogen-bond acceptors (Lipinski definition) is 4. The third-order valence-electron chi connectivity index (χ3n) is 5.37. The number of carbonyl (C=O) groups is 1. The molecule has 0 aromatic heterocycles. The average molecular weight is 527 g/mol. The first kappa shape index (κ1) is 22.0. The highest BCUT2D eigenvalue weighted by Crippen LogP contribution is 2.35. The predicted octanol–water partition coefficient (Wildman–Crippen LogP) is 5.63. The monoisotopic (exact) mass is 525 g/mol. The van der Waals surface area contributed by atoms with Gasteiger partial charge in [0.25, 0.3) is 5.91 Å². The molecule has 0 spiro atoms. The Hall–Kier alpha value is -1.18. The Morgan fingerprint density at radius 1 is 1.00 bits per heavy atom. The zero-order valence-electron chi connectivity index (χ0n) is 16.6. The van der Waals surface area contributed by atoms with E-state index < -0.39 is 0 Å². The minimum absolute atomic E-state index is 0.00288. The molecule has 2 saturated heterocycles. The number of carbonyl (C=O) groups excluding carboxylic acids is 1. The van der Waals surface area contributed by atoms with Crippen LogP contribution >= 0.6 is 50.9 Å². The summed E-state index contributed by atoms with van der Waals surface area (Å²) < 4.78 is 1.04. The van der Waals surface area contributed by atoms with E-state index in [0.717, 1.165) is 58.2 Å². The molecule has 4 rings (SSSR count). The Balaban J connectivity index is 1.64. The van der Waals surface area contributed by atoms with E-state index in [1.165, 1.54) is 0 Å². The highest BCUT2D eigenvalue weighted by Gasteiger charge is 2.26. The molecule has 2 aromatic rings. The average Bonchev–Trinajstić information content (AvgIpc) is 2.73. The lowest BCUT2D eigenvalue weighted by Crippen LogP contribution is -2.44. The van der Waals surface area contributed by atoms with Crippen LogP contribution in [-0.4, -0.2) is 56.3 Å². The molecule has 2 heterocycles. The fourth-order valence-corrected chi connectivity index (χ4v) is 5.23. The van der Waals surface area contributed by atoms with E-state index in [-0.39, 0.29) is 5.91 Å². The molecule has 0 atom stereocenters. The van der Waals surface area contributed by atoms with Crippen molar-refractivity contribution in [3.63, 3.8) is 0 Å². The first-order chi connectivity index (χ1) is 14.4. The van der Waals surface area contributed by atoms with Crippen molar-refractivity contribution in [2.75, 3.05) is 55.3 Å². The van der Waals surface area contributed by atoms with E-state index in [1.807, 2.05) is 18.2 Å². The first-order valence-corrected chi connectivity index (χ1v) is 12.3. The predicted molar refractivity (Wildman–Crippen MR) is 133 cm³/mol. The molecular weight excluding hydrogens is 505 g/mol. The number of nitrogens with zero attached hydrogens (tertiary/aromatic N) is 3. The smallest absolute Gasteiger partial charge is 0.264 e. The van der Waals surface area contributed by atoms with Crippen LogP contribution in [0.4, 0.5) is 11.4 Å². The molecule has 2 fully saturated rings. The van der Waals surface area contributed by atoms with E-state index in [2.05, 4.69) is 44.9 Å². The van der Waals surface area contributed by atoms with Gasteiger partial charge in [0.2, 0.25) is 0 Å². The summed E-state index contributed by atoms with van der Waals surface area (Å²) in [7, 11) is 2.15. The van der Waals surface area contributed by atoms with E-state index >= 15 is 0 Å². The summed E-state index contributed by atoms with van der Waals surface area (Å²) in [6.07, 6.45) is 2.02.